The molecule has 0 aliphatic heterocycles. The molecule has 1 amide bonds. The molecule has 0 bridgehead atoms. The van der Waals surface area contributed by atoms with Crippen molar-refractivity contribution in [2.75, 3.05) is 0 Å². The molecule has 0 radical (unpaired) electrons. The minimum absolute atomic E-state index is 0.132. The average molecular weight is 332 g/mol. The number of aromatic nitrogens is 1. The van der Waals surface area contributed by atoms with Crippen LogP contribution in [-0.2, 0) is 6.54 Å². The molecule has 0 fully saturated rings. The molecule has 1 heterocycles. The Hall–Kier alpha value is -3.14. The maximum absolute atomic E-state index is 12.1. The standard InChI is InChI=1S/C21H20N2O2/c1-15-4-3-5-20(12-15)25-19-10-7-17(8-11-19)13-23-21(24)18-9-6-16(2)22-14-18/h3-12,14H,13H2,1-2H3,(H,23,24). The Morgan fingerprint density at radius 2 is 1.80 bits per heavy atom. The van der Waals surface area contributed by atoms with E-state index in [2.05, 4.69) is 10.3 Å². The summed E-state index contributed by atoms with van der Waals surface area (Å²) in [5.74, 6) is 1.45. The first-order chi connectivity index (χ1) is 12.1. The molecule has 4 nitrogen and oxygen atoms in total. The van der Waals surface area contributed by atoms with Crippen LogP contribution >= 0.6 is 0 Å². The first kappa shape index (κ1) is 16.7. The predicted molar refractivity (Wildman–Crippen MR) is 97.8 cm³/mol. The Morgan fingerprint density at radius 1 is 1.00 bits per heavy atom. The van der Waals surface area contributed by atoms with Crippen molar-refractivity contribution in [3.63, 3.8) is 0 Å². The van der Waals surface area contributed by atoms with Gasteiger partial charge in [0.05, 0.1) is 5.56 Å². The van der Waals surface area contributed by atoms with Gasteiger partial charge in [-0.1, -0.05) is 24.3 Å². The van der Waals surface area contributed by atoms with Gasteiger partial charge in [-0.05, 0) is 61.4 Å². The largest absolute Gasteiger partial charge is 0.457 e. The number of ether oxygens (including phenoxy) is 1. The van der Waals surface area contributed by atoms with Gasteiger partial charge < -0.3 is 10.1 Å². The van der Waals surface area contributed by atoms with Gasteiger partial charge >= 0.3 is 0 Å². The summed E-state index contributed by atoms with van der Waals surface area (Å²) in [4.78, 5) is 16.2. The Bertz CT molecular complexity index is 856. The number of carbonyl (C=O) groups is 1. The maximum atomic E-state index is 12.1. The van der Waals surface area contributed by atoms with Crippen molar-refractivity contribution in [2.45, 2.75) is 20.4 Å². The van der Waals surface area contributed by atoms with E-state index in [9.17, 15) is 4.79 Å². The van der Waals surface area contributed by atoms with Crippen molar-refractivity contribution in [1.29, 1.82) is 0 Å². The van der Waals surface area contributed by atoms with E-state index in [1.165, 1.54) is 0 Å². The average Bonchev–Trinajstić information content (AvgIpc) is 2.61. The van der Waals surface area contributed by atoms with Gasteiger partial charge in [0.25, 0.3) is 5.91 Å². The van der Waals surface area contributed by atoms with E-state index in [1.54, 1.807) is 12.3 Å². The second kappa shape index (κ2) is 7.62. The predicted octanol–water partition coefficient (Wildman–Crippen LogP) is 4.42. The van der Waals surface area contributed by atoms with Crippen molar-refractivity contribution in [3.05, 3.63) is 89.2 Å². The van der Waals surface area contributed by atoms with Crippen LogP contribution in [0, 0.1) is 13.8 Å². The number of pyridine rings is 1. The SMILES string of the molecule is Cc1cccc(Oc2ccc(CNC(=O)c3ccc(C)nc3)cc2)c1. The number of nitrogens with one attached hydrogen (secondary N) is 1. The summed E-state index contributed by atoms with van der Waals surface area (Å²) >= 11 is 0. The molecule has 126 valence electrons. The van der Waals surface area contributed by atoms with E-state index < -0.39 is 0 Å². The first-order valence-corrected chi connectivity index (χ1v) is 8.14. The van der Waals surface area contributed by atoms with E-state index in [0.717, 1.165) is 28.3 Å². The zero-order chi connectivity index (χ0) is 17.6. The number of hydrogen-bond donors (Lipinski definition) is 1. The van der Waals surface area contributed by atoms with Gasteiger partial charge in [-0.3, -0.25) is 9.78 Å². The highest BCUT2D eigenvalue weighted by molar-refractivity contribution is 5.93. The molecule has 0 aliphatic carbocycles. The first-order valence-electron chi connectivity index (χ1n) is 8.14. The lowest BCUT2D eigenvalue weighted by molar-refractivity contribution is 0.0950. The Morgan fingerprint density at radius 3 is 2.48 bits per heavy atom. The third kappa shape index (κ3) is 4.67. The zero-order valence-electron chi connectivity index (χ0n) is 14.3. The molecular weight excluding hydrogens is 312 g/mol. The van der Waals surface area contributed by atoms with E-state index in [-0.39, 0.29) is 5.91 Å². The Kier molecular flexibility index (Phi) is 5.09. The lowest BCUT2D eigenvalue weighted by atomic mass is 10.2. The summed E-state index contributed by atoms with van der Waals surface area (Å²) in [6.45, 7) is 4.38. The fourth-order valence-corrected chi connectivity index (χ4v) is 2.38. The lowest BCUT2D eigenvalue weighted by Gasteiger charge is -2.08. The lowest BCUT2D eigenvalue weighted by Crippen LogP contribution is -2.22. The third-order valence-corrected chi connectivity index (χ3v) is 3.78. The minimum Gasteiger partial charge on any atom is -0.457 e. The van der Waals surface area contributed by atoms with E-state index in [1.807, 2.05) is 68.4 Å². The third-order valence-electron chi connectivity index (χ3n) is 3.78. The van der Waals surface area contributed by atoms with Crippen LogP contribution in [0.3, 0.4) is 0 Å². The number of rotatable bonds is 5. The van der Waals surface area contributed by atoms with Crippen LogP contribution in [0.25, 0.3) is 0 Å². The van der Waals surface area contributed by atoms with Crippen LogP contribution in [-0.4, -0.2) is 10.9 Å². The highest BCUT2D eigenvalue weighted by atomic mass is 16.5. The number of carbonyl (C=O) groups excluding carboxylic acids is 1. The van der Waals surface area contributed by atoms with Crippen LogP contribution in [0.1, 0.15) is 27.2 Å². The molecule has 0 atom stereocenters. The quantitative estimate of drug-likeness (QED) is 0.752. The summed E-state index contributed by atoms with van der Waals surface area (Å²) in [6, 6.07) is 19.2. The molecule has 0 unspecified atom stereocenters. The van der Waals surface area contributed by atoms with Gasteiger partial charge in [-0.15, -0.1) is 0 Å². The van der Waals surface area contributed by atoms with Crippen LogP contribution in [0.4, 0.5) is 0 Å². The molecule has 0 saturated carbocycles. The second-order valence-electron chi connectivity index (χ2n) is 5.93. The monoisotopic (exact) mass is 332 g/mol. The van der Waals surface area contributed by atoms with Gasteiger partial charge in [0.1, 0.15) is 11.5 Å². The number of benzene rings is 2. The van der Waals surface area contributed by atoms with Crippen molar-refractivity contribution >= 4 is 5.91 Å². The van der Waals surface area contributed by atoms with Crippen molar-refractivity contribution < 1.29 is 9.53 Å². The summed E-state index contributed by atoms with van der Waals surface area (Å²) in [7, 11) is 0. The number of hydrogen-bond acceptors (Lipinski definition) is 3. The summed E-state index contributed by atoms with van der Waals surface area (Å²) in [6.07, 6.45) is 1.59. The number of aryl methyl sites for hydroxylation is 2. The maximum Gasteiger partial charge on any atom is 0.253 e. The molecular formula is C21H20N2O2. The van der Waals surface area contributed by atoms with Gasteiger partial charge in [0.15, 0.2) is 0 Å². The molecule has 2 aromatic carbocycles. The highest BCUT2D eigenvalue weighted by Crippen LogP contribution is 2.22. The van der Waals surface area contributed by atoms with Gasteiger partial charge in [-0.2, -0.15) is 0 Å². The van der Waals surface area contributed by atoms with Gasteiger partial charge in [-0.25, -0.2) is 0 Å². The van der Waals surface area contributed by atoms with E-state index in [4.69, 9.17) is 4.74 Å². The highest BCUT2D eigenvalue weighted by Gasteiger charge is 2.05. The fraction of sp³-hybridized carbons (Fsp3) is 0.143. The molecule has 4 heteroatoms. The summed E-state index contributed by atoms with van der Waals surface area (Å²) < 4.78 is 5.82. The van der Waals surface area contributed by atoms with Crippen LogP contribution in [0.15, 0.2) is 66.9 Å². The molecule has 0 spiro atoms. The summed E-state index contributed by atoms with van der Waals surface area (Å²) in [5.41, 5.74) is 3.61. The Balaban J connectivity index is 1.57. The van der Waals surface area contributed by atoms with Crippen LogP contribution in [0.2, 0.25) is 0 Å². The number of amides is 1. The van der Waals surface area contributed by atoms with Crippen molar-refractivity contribution in [1.82, 2.24) is 10.3 Å². The number of nitrogens with zero attached hydrogens (tertiary/aromatic N) is 1. The van der Waals surface area contributed by atoms with Gasteiger partial charge in [0, 0.05) is 18.4 Å². The smallest absolute Gasteiger partial charge is 0.253 e. The normalized spacial score (nSPS) is 10.3. The second-order valence-corrected chi connectivity index (χ2v) is 5.93. The molecule has 0 saturated heterocycles. The fourth-order valence-electron chi connectivity index (χ4n) is 2.38. The van der Waals surface area contributed by atoms with Crippen molar-refractivity contribution in [3.8, 4) is 11.5 Å². The zero-order valence-corrected chi connectivity index (χ0v) is 14.3. The van der Waals surface area contributed by atoms with Crippen LogP contribution < -0.4 is 10.1 Å². The van der Waals surface area contributed by atoms with Gasteiger partial charge in [0.2, 0.25) is 0 Å². The van der Waals surface area contributed by atoms with Crippen LogP contribution in [0.5, 0.6) is 11.5 Å². The molecule has 0 aliphatic rings. The van der Waals surface area contributed by atoms with E-state index >= 15 is 0 Å². The molecule has 3 rings (SSSR count). The van der Waals surface area contributed by atoms with Crippen molar-refractivity contribution in [2.24, 2.45) is 0 Å². The molecule has 25 heavy (non-hydrogen) atoms. The summed E-state index contributed by atoms with van der Waals surface area (Å²) in [5, 5.41) is 2.89. The van der Waals surface area contributed by atoms with E-state index in [0.29, 0.717) is 12.1 Å². The topological polar surface area (TPSA) is 51.2 Å². The Labute approximate surface area is 147 Å². The minimum atomic E-state index is -0.132. The molecule has 3 aromatic rings. The molecule has 1 N–H and O–H groups in total. The molecule has 1 aromatic heterocycles.